The molecule has 8 bridgehead atoms. The maximum absolute atomic E-state index is 5.08. The van der Waals surface area contributed by atoms with Gasteiger partial charge in [0, 0.05) is 31.6 Å². The molecule has 8 fully saturated rings. The van der Waals surface area contributed by atoms with Gasteiger partial charge in [0.2, 0.25) is 0 Å². The summed E-state index contributed by atoms with van der Waals surface area (Å²) in [6.07, 6.45) is 23.1. The van der Waals surface area contributed by atoms with Gasteiger partial charge in [-0.25, -0.2) is 0 Å². The van der Waals surface area contributed by atoms with Crippen LogP contribution in [0.5, 0.6) is 0 Å². The molecule has 8 aliphatic carbocycles. The number of aromatic nitrogens is 2. The Kier molecular flexibility index (Phi) is 8.41. The van der Waals surface area contributed by atoms with E-state index in [2.05, 4.69) is 97.1 Å². The lowest BCUT2D eigenvalue weighted by Gasteiger charge is -2.72. The summed E-state index contributed by atoms with van der Waals surface area (Å²) in [4.78, 5) is 10.2. The topological polar surface area (TPSA) is 25.8 Å². The Morgan fingerprint density at radius 2 is 1.00 bits per heavy atom. The minimum absolute atomic E-state index is 0.128. The summed E-state index contributed by atoms with van der Waals surface area (Å²) in [7, 11) is -0.0994. The van der Waals surface area contributed by atoms with Gasteiger partial charge >= 0.3 is 0 Å². The first-order valence-corrected chi connectivity index (χ1v) is 29.4. The maximum atomic E-state index is 5.08. The molecule has 2 heterocycles. The van der Waals surface area contributed by atoms with Gasteiger partial charge in [-0.1, -0.05) is 73.9 Å². The predicted molar refractivity (Wildman–Crippen MR) is 223 cm³/mol. The Labute approximate surface area is 309 Å². The van der Waals surface area contributed by atoms with E-state index in [-0.39, 0.29) is 5.16 Å². The van der Waals surface area contributed by atoms with Crippen molar-refractivity contribution in [3.05, 3.63) is 72.1 Å². The molecule has 50 heavy (non-hydrogen) atoms. The molecule has 11 rings (SSSR count). The van der Waals surface area contributed by atoms with Gasteiger partial charge in [0.15, 0.2) is 0 Å². The van der Waals surface area contributed by atoms with Crippen LogP contribution in [0, 0.1) is 46.3 Å². The van der Waals surface area contributed by atoms with Crippen LogP contribution in [0.2, 0.25) is 39.3 Å². The highest BCUT2D eigenvalue weighted by Gasteiger charge is 2.69. The fourth-order valence-electron chi connectivity index (χ4n) is 14.2. The second-order valence-corrected chi connectivity index (χ2v) is 33.8. The fourth-order valence-corrected chi connectivity index (χ4v) is 22.5. The predicted octanol–water partition coefficient (Wildman–Crippen LogP) is 9.70. The number of rotatable bonds is 9. The van der Waals surface area contributed by atoms with E-state index in [4.69, 9.17) is 9.97 Å². The summed E-state index contributed by atoms with van der Waals surface area (Å²) in [5.41, 5.74) is 6.75. The van der Waals surface area contributed by atoms with Crippen LogP contribution in [0.3, 0.4) is 0 Å². The third-order valence-electron chi connectivity index (χ3n) is 15.2. The van der Waals surface area contributed by atoms with Gasteiger partial charge in [-0.2, -0.15) is 0 Å². The second-order valence-electron chi connectivity index (χ2n) is 20.7. The number of hydrogen-bond donors (Lipinski definition) is 0. The standard InChI is InChI=1S/C44H62N2P2Si2/c1-49(2,3)38-21-36(29-48(40-11-7-9-13-45-40)41-12-8-10-14-46-41)37(22-39(38)50(4,5)6)44(47,42-23-30-15-31(24-42)17-32(16-30)25-42)43-26-33-18-34(27-43)20-35(19-33)28-43/h7-14,21-22,30-35H,15-20,23-29,47H2,1-6H3. The fraction of sp³-hybridized carbons (Fsp3) is 0.636. The molecule has 3 aromatic rings. The van der Waals surface area contributed by atoms with Crippen molar-refractivity contribution in [1.82, 2.24) is 9.97 Å². The molecule has 8 aliphatic rings. The molecule has 0 amide bonds. The van der Waals surface area contributed by atoms with E-state index in [1.165, 1.54) is 87.9 Å². The molecule has 266 valence electrons. The zero-order valence-electron chi connectivity index (χ0n) is 31.8. The Morgan fingerprint density at radius 3 is 1.34 bits per heavy atom. The number of benzene rings is 1. The van der Waals surface area contributed by atoms with Crippen LogP contribution < -0.4 is 21.2 Å². The summed E-state index contributed by atoms with van der Waals surface area (Å²) >= 11 is 0. The molecule has 1 aromatic carbocycles. The van der Waals surface area contributed by atoms with E-state index in [1.54, 1.807) is 21.5 Å². The van der Waals surface area contributed by atoms with Crippen molar-refractivity contribution in [3.8, 4) is 0 Å². The molecule has 6 heteroatoms. The highest BCUT2D eigenvalue weighted by molar-refractivity contribution is 7.71. The van der Waals surface area contributed by atoms with Gasteiger partial charge in [-0.15, -0.1) is 9.24 Å². The van der Waals surface area contributed by atoms with Gasteiger partial charge in [0.05, 0.1) is 27.0 Å². The molecule has 0 radical (unpaired) electrons. The Morgan fingerprint density at radius 1 is 0.620 bits per heavy atom. The zero-order valence-corrected chi connectivity index (χ0v) is 35.9. The molecular weight excluding hydrogens is 675 g/mol. The summed E-state index contributed by atoms with van der Waals surface area (Å²) in [5.74, 6) is 5.72. The average Bonchev–Trinajstić information content (AvgIpc) is 3.05. The van der Waals surface area contributed by atoms with E-state index >= 15 is 0 Å². The largest absolute Gasteiger partial charge is 0.256 e. The van der Waals surface area contributed by atoms with Crippen molar-refractivity contribution in [2.45, 2.75) is 128 Å². The van der Waals surface area contributed by atoms with Gasteiger partial charge in [-0.3, -0.25) is 9.97 Å². The first-order chi connectivity index (χ1) is 23.8. The lowest BCUT2D eigenvalue weighted by molar-refractivity contribution is -0.158. The van der Waals surface area contributed by atoms with Crippen molar-refractivity contribution in [2.75, 3.05) is 0 Å². The normalized spacial score (nSPS) is 35.5. The van der Waals surface area contributed by atoms with E-state index in [9.17, 15) is 0 Å². The van der Waals surface area contributed by atoms with Gasteiger partial charge < -0.3 is 0 Å². The molecule has 2 nitrogen and oxygen atoms in total. The van der Waals surface area contributed by atoms with Gasteiger partial charge in [0.1, 0.15) is 0 Å². The number of nitrogens with zero attached hydrogens (tertiary/aromatic N) is 2. The zero-order chi connectivity index (χ0) is 34.7. The first kappa shape index (κ1) is 34.6. The van der Waals surface area contributed by atoms with Crippen molar-refractivity contribution in [1.29, 1.82) is 0 Å². The molecule has 2 aromatic heterocycles. The van der Waals surface area contributed by atoms with Crippen molar-refractivity contribution < 1.29 is 0 Å². The number of pyridine rings is 2. The van der Waals surface area contributed by atoms with Crippen LogP contribution >= 0.6 is 17.2 Å². The lowest BCUT2D eigenvalue weighted by Crippen LogP contribution is -2.65. The molecule has 8 saturated carbocycles. The molecule has 0 spiro atoms. The van der Waals surface area contributed by atoms with Gasteiger partial charge in [0.25, 0.3) is 0 Å². The van der Waals surface area contributed by atoms with E-state index in [1.807, 2.05) is 12.4 Å². The maximum Gasteiger partial charge on any atom is 0.0774 e. The smallest absolute Gasteiger partial charge is 0.0774 e. The van der Waals surface area contributed by atoms with Crippen LogP contribution in [-0.2, 0) is 11.3 Å². The van der Waals surface area contributed by atoms with Crippen LogP contribution in [0.4, 0.5) is 0 Å². The monoisotopic (exact) mass is 736 g/mol. The quantitative estimate of drug-likeness (QED) is 0.162. The molecule has 0 saturated heterocycles. The number of hydrogen-bond acceptors (Lipinski definition) is 2. The first-order valence-electron chi connectivity index (χ1n) is 20.3. The van der Waals surface area contributed by atoms with E-state index in [0.717, 1.165) is 41.7 Å². The van der Waals surface area contributed by atoms with Crippen LogP contribution in [-0.4, -0.2) is 26.1 Å². The summed E-state index contributed by atoms with van der Waals surface area (Å²) in [6.45, 7) is 15.8. The third-order valence-corrected chi connectivity index (χ3v) is 23.4. The third kappa shape index (κ3) is 5.57. The lowest BCUT2D eigenvalue weighted by atomic mass is 9.37. The van der Waals surface area contributed by atoms with Crippen LogP contribution in [0.15, 0.2) is 60.9 Å². The van der Waals surface area contributed by atoms with E-state index in [0.29, 0.717) is 10.8 Å². The van der Waals surface area contributed by atoms with Crippen molar-refractivity contribution in [3.63, 3.8) is 0 Å². The molecule has 1 unspecified atom stereocenters. The SMILES string of the molecule is C[Si](C)(C)c1cc(CP(c2ccccn2)c2ccccn2)c(C(P)(C23CC4CC(CC(C4)C2)C3)C23CC4CC(CC(C4)C2)C3)cc1[Si](C)(C)C. The molecule has 1 atom stereocenters. The Bertz CT molecular complexity index is 1590. The average molecular weight is 737 g/mol. The minimum atomic E-state index is -1.66. The van der Waals surface area contributed by atoms with Crippen LogP contribution in [0.1, 0.15) is 88.2 Å². The second kappa shape index (κ2) is 12.2. The van der Waals surface area contributed by atoms with E-state index < -0.39 is 24.1 Å². The minimum Gasteiger partial charge on any atom is -0.256 e. The summed E-state index contributed by atoms with van der Waals surface area (Å²) in [6, 6.07) is 19.0. The Hall–Kier alpha value is -1.19. The van der Waals surface area contributed by atoms with Crippen molar-refractivity contribution in [2.24, 2.45) is 46.3 Å². The van der Waals surface area contributed by atoms with Crippen LogP contribution in [0.25, 0.3) is 0 Å². The molecule has 0 aliphatic heterocycles. The summed E-state index contributed by atoms with van der Waals surface area (Å²) in [5, 5.41) is 3.66. The Balaban J connectivity index is 1.32. The highest BCUT2D eigenvalue weighted by atomic mass is 31.1. The summed E-state index contributed by atoms with van der Waals surface area (Å²) < 4.78 is 0. The van der Waals surface area contributed by atoms with Gasteiger partial charge in [-0.05, 0) is 159 Å². The molecule has 0 N–H and O–H groups in total. The molecular formula is C44H62N2P2Si2. The van der Waals surface area contributed by atoms with Crippen molar-refractivity contribution >= 4 is 54.6 Å². The highest BCUT2D eigenvalue weighted by Crippen LogP contribution is 2.78.